The molecule has 0 spiro atoms. The van der Waals surface area contributed by atoms with Crippen molar-refractivity contribution >= 4 is 6.29 Å². The molecule has 80 valence electrons. The first-order valence-electron chi connectivity index (χ1n) is 5.28. The lowest BCUT2D eigenvalue weighted by atomic mass is 10.1. The smallest absolute Gasteiger partial charge is 0.257 e. The van der Waals surface area contributed by atoms with Crippen molar-refractivity contribution < 1.29 is 4.79 Å². The Hall–Kier alpha value is -1.45. The zero-order valence-electron chi connectivity index (χ0n) is 8.77. The van der Waals surface area contributed by atoms with Gasteiger partial charge in [0.1, 0.15) is 12.1 Å². The number of rotatable bonds is 2. The van der Waals surface area contributed by atoms with E-state index in [1.807, 2.05) is 0 Å². The van der Waals surface area contributed by atoms with Crippen LogP contribution in [0.2, 0.25) is 0 Å². The average Bonchev–Trinajstić information content (AvgIpc) is 2.29. The molecule has 0 saturated heterocycles. The molecule has 0 radical (unpaired) electrons. The highest BCUT2D eigenvalue weighted by atomic mass is 16.1. The van der Waals surface area contributed by atoms with Crippen LogP contribution in [0.5, 0.6) is 0 Å². The summed E-state index contributed by atoms with van der Waals surface area (Å²) in [6.45, 7) is 2.46. The van der Waals surface area contributed by atoms with E-state index < -0.39 is 0 Å². The quantitative estimate of drug-likeness (QED) is 0.675. The van der Waals surface area contributed by atoms with Crippen molar-refractivity contribution in [3.8, 4) is 0 Å². The van der Waals surface area contributed by atoms with Crippen molar-refractivity contribution in [2.24, 2.45) is 0 Å². The highest BCUT2D eigenvalue weighted by molar-refractivity contribution is 5.60. The van der Waals surface area contributed by atoms with Crippen LogP contribution >= 0.6 is 0 Å². The Morgan fingerprint density at radius 1 is 1.53 bits per heavy atom. The van der Waals surface area contributed by atoms with E-state index in [2.05, 4.69) is 4.98 Å². The highest BCUT2D eigenvalue weighted by Gasteiger charge is 2.16. The minimum Gasteiger partial charge on any atom is -0.303 e. The number of aryl methyl sites for hydroxylation is 1. The molecule has 1 aliphatic rings. The van der Waals surface area contributed by atoms with Gasteiger partial charge in [-0.1, -0.05) is 6.92 Å². The molecule has 1 aromatic rings. The lowest BCUT2D eigenvalue weighted by Gasteiger charge is -2.18. The van der Waals surface area contributed by atoms with Crippen molar-refractivity contribution in [1.29, 1.82) is 0 Å². The molecule has 0 bridgehead atoms. The lowest BCUT2D eigenvalue weighted by Crippen LogP contribution is -2.31. The molecule has 0 N–H and O–H groups in total. The van der Waals surface area contributed by atoms with Crippen LogP contribution in [-0.4, -0.2) is 15.8 Å². The number of hydrogen-bond donors (Lipinski definition) is 0. The van der Waals surface area contributed by atoms with Crippen molar-refractivity contribution in [2.75, 3.05) is 0 Å². The molecule has 1 atom stereocenters. The Bertz CT molecular complexity index is 437. The number of aldehydes is 1. The Balaban J connectivity index is 2.52. The molecule has 4 nitrogen and oxygen atoms in total. The second kappa shape index (κ2) is 3.96. The molecule has 0 aromatic carbocycles. The van der Waals surface area contributed by atoms with E-state index in [-0.39, 0.29) is 11.5 Å². The van der Waals surface area contributed by atoms with E-state index in [9.17, 15) is 9.59 Å². The number of fused-ring (bicyclic) bond motifs is 1. The third-order valence-corrected chi connectivity index (χ3v) is 2.88. The van der Waals surface area contributed by atoms with Crippen LogP contribution in [0.25, 0.3) is 0 Å². The fraction of sp³-hybridized carbons (Fsp3) is 0.545. The Labute approximate surface area is 88.0 Å². The van der Waals surface area contributed by atoms with Gasteiger partial charge in [0.2, 0.25) is 0 Å². The summed E-state index contributed by atoms with van der Waals surface area (Å²) in [4.78, 5) is 26.9. The van der Waals surface area contributed by atoms with Gasteiger partial charge in [0, 0.05) is 30.6 Å². The van der Waals surface area contributed by atoms with Gasteiger partial charge in [0.05, 0.1) is 0 Å². The normalized spacial score (nSPS) is 16.9. The zero-order chi connectivity index (χ0) is 10.8. The second-order valence-electron chi connectivity index (χ2n) is 3.97. The second-order valence-corrected chi connectivity index (χ2v) is 3.97. The maximum atomic E-state index is 12.0. The third-order valence-electron chi connectivity index (χ3n) is 2.88. The first-order valence-corrected chi connectivity index (χ1v) is 5.28. The van der Waals surface area contributed by atoms with Crippen LogP contribution in [0, 0.1) is 0 Å². The van der Waals surface area contributed by atoms with Crippen LogP contribution in [-0.2, 0) is 17.8 Å². The summed E-state index contributed by atoms with van der Waals surface area (Å²) in [7, 11) is 0. The molecule has 15 heavy (non-hydrogen) atoms. The van der Waals surface area contributed by atoms with E-state index in [0.717, 1.165) is 37.9 Å². The summed E-state index contributed by atoms with van der Waals surface area (Å²) >= 11 is 0. The summed E-state index contributed by atoms with van der Waals surface area (Å²) < 4.78 is 1.71. The van der Waals surface area contributed by atoms with Gasteiger partial charge in [-0.3, -0.25) is 9.36 Å². The van der Waals surface area contributed by atoms with Gasteiger partial charge in [0.25, 0.3) is 5.56 Å². The summed E-state index contributed by atoms with van der Waals surface area (Å²) in [6.07, 6.45) is 5.32. The predicted octanol–water partition coefficient (Wildman–Crippen LogP) is 0.882. The maximum Gasteiger partial charge on any atom is 0.257 e. The summed E-state index contributed by atoms with van der Waals surface area (Å²) in [5.74, 6) is 0.498. The molecule has 2 heterocycles. The largest absolute Gasteiger partial charge is 0.303 e. The van der Waals surface area contributed by atoms with Gasteiger partial charge in [-0.2, -0.15) is 0 Å². The molecule has 0 amide bonds. The van der Waals surface area contributed by atoms with Crippen molar-refractivity contribution in [2.45, 2.75) is 38.6 Å². The van der Waals surface area contributed by atoms with Crippen LogP contribution in [0.15, 0.2) is 11.0 Å². The number of aromatic nitrogens is 2. The van der Waals surface area contributed by atoms with E-state index in [1.54, 1.807) is 17.7 Å². The average molecular weight is 206 g/mol. The SMILES string of the molecule is CC(C=O)c1cnc2n(c1=O)CCCC2. The van der Waals surface area contributed by atoms with E-state index in [4.69, 9.17) is 0 Å². The Morgan fingerprint density at radius 3 is 3.07 bits per heavy atom. The number of nitrogens with zero attached hydrogens (tertiary/aromatic N) is 2. The van der Waals surface area contributed by atoms with E-state index >= 15 is 0 Å². The number of hydrogen-bond acceptors (Lipinski definition) is 3. The summed E-state index contributed by atoms with van der Waals surface area (Å²) in [5.41, 5.74) is 0.468. The van der Waals surface area contributed by atoms with E-state index in [1.165, 1.54) is 0 Å². The minimum atomic E-state index is -0.357. The maximum absolute atomic E-state index is 12.0. The first kappa shape index (κ1) is 10.1. The lowest BCUT2D eigenvalue weighted by molar-refractivity contribution is -0.108. The number of carbonyl (C=O) groups excluding carboxylic acids is 1. The molecule has 1 unspecified atom stereocenters. The fourth-order valence-corrected chi connectivity index (χ4v) is 1.91. The van der Waals surface area contributed by atoms with Crippen LogP contribution in [0.4, 0.5) is 0 Å². The standard InChI is InChI=1S/C11H14N2O2/c1-8(7-14)9-6-12-10-4-2-3-5-13(10)11(9)15/h6-8H,2-5H2,1H3. The molecule has 1 aromatic heterocycles. The molecule has 4 heteroatoms. The summed E-state index contributed by atoms with van der Waals surface area (Å²) in [6, 6.07) is 0. The highest BCUT2D eigenvalue weighted by Crippen LogP contribution is 2.12. The molecule has 0 fully saturated rings. The Morgan fingerprint density at radius 2 is 2.33 bits per heavy atom. The predicted molar refractivity (Wildman–Crippen MR) is 55.9 cm³/mol. The van der Waals surface area contributed by atoms with Gasteiger partial charge in [-0.15, -0.1) is 0 Å². The molecular weight excluding hydrogens is 192 g/mol. The third kappa shape index (κ3) is 1.71. The van der Waals surface area contributed by atoms with Crippen LogP contribution in [0.3, 0.4) is 0 Å². The first-order chi connectivity index (χ1) is 7.24. The van der Waals surface area contributed by atoms with Crippen molar-refractivity contribution in [3.63, 3.8) is 0 Å². The molecule has 2 rings (SSSR count). The zero-order valence-corrected chi connectivity index (χ0v) is 8.77. The van der Waals surface area contributed by atoms with Gasteiger partial charge >= 0.3 is 0 Å². The summed E-state index contributed by atoms with van der Waals surface area (Å²) in [5, 5.41) is 0. The minimum absolute atomic E-state index is 0.0423. The monoisotopic (exact) mass is 206 g/mol. The van der Waals surface area contributed by atoms with E-state index in [0.29, 0.717) is 5.56 Å². The number of carbonyl (C=O) groups is 1. The molecule has 0 saturated carbocycles. The Kier molecular flexibility index (Phi) is 2.66. The van der Waals surface area contributed by atoms with Gasteiger partial charge in [-0.25, -0.2) is 4.98 Å². The van der Waals surface area contributed by atoms with Crippen molar-refractivity contribution in [1.82, 2.24) is 9.55 Å². The topological polar surface area (TPSA) is 52.0 Å². The van der Waals surface area contributed by atoms with Gasteiger partial charge in [0.15, 0.2) is 0 Å². The fourth-order valence-electron chi connectivity index (χ4n) is 1.91. The molecule has 0 aliphatic carbocycles. The van der Waals surface area contributed by atoms with Gasteiger partial charge in [-0.05, 0) is 12.8 Å². The van der Waals surface area contributed by atoms with Crippen LogP contribution in [0.1, 0.15) is 37.1 Å². The van der Waals surface area contributed by atoms with Crippen LogP contribution < -0.4 is 5.56 Å². The molecular formula is C11H14N2O2. The van der Waals surface area contributed by atoms with Crippen molar-refractivity contribution in [3.05, 3.63) is 27.9 Å². The molecule has 1 aliphatic heterocycles. The van der Waals surface area contributed by atoms with Gasteiger partial charge < -0.3 is 4.79 Å².